The fraction of sp³-hybridized carbons (Fsp3) is 0.500. The van der Waals surface area contributed by atoms with E-state index in [1.807, 2.05) is 11.9 Å². The zero-order valence-electron chi connectivity index (χ0n) is 12.1. The number of likely N-dealkylation sites (N-methyl/N-ethyl adjacent to an activating group) is 1. The Bertz CT molecular complexity index is 466. The van der Waals surface area contributed by atoms with E-state index in [4.69, 9.17) is 17.3 Å². The summed E-state index contributed by atoms with van der Waals surface area (Å²) >= 11 is 5.88. The number of amides is 1. The standard InChI is InChI=1S/C14H22ClN3O2/c1-9(19)6-7-18(3)10(2)14(20)17-13-8-11(15)4-5-12(13)16/h4-5,8-10,19H,6-7,16H2,1-3H3,(H,17,20). The molecule has 5 nitrogen and oxygen atoms in total. The van der Waals surface area contributed by atoms with Crippen LogP contribution in [0.25, 0.3) is 0 Å². The summed E-state index contributed by atoms with van der Waals surface area (Å²) in [5.41, 5.74) is 6.78. The molecular formula is C14H22ClN3O2. The maximum atomic E-state index is 12.1. The number of nitrogens with zero attached hydrogens (tertiary/aromatic N) is 1. The maximum absolute atomic E-state index is 12.1. The summed E-state index contributed by atoms with van der Waals surface area (Å²) in [6.07, 6.45) is 0.240. The van der Waals surface area contributed by atoms with Crippen LogP contribution in [-0.4, -0.2) is 41.7 Å². The summed E-state index contributed by atoms with van der Waals surface area (Å²) in [4.78, 5) is 14.0. The minimum absolute atomic E-state index is 0.160. The molecular weight excluding hydrogens is 278 g/mol. The minimum atomic E-state index is -0.378. The Kier molecular flexibility index (Phi) is 6.26. The van der Waals surface area contributed by atoms with Gasteiger partial charge in [0, 0.05) is 11.6 Å². The normalized spacial score (nSPS) is 14.1. The van der Waals surface area contributed by atoms with Crippen molar-refractivity contribution < 1.29 is 9.90 Å². The number of anilines is 2. The number of nitrogen functional groups attached to an aromatic ring is 1. The Morgan fingerprint density at radius 2 is 2.15 bits per heavy atom. The predicted octanol–water partition coefficient (Wildman–Crippen LogP) is 1.95. The average molecular weight is 300 g/mol. The number of aliphatic hydroxyl groups is 1. The molecule has 0 aliphatic rings. The van der Waals surface area contributed by atoms with Crippen molar-refractivity contribution in [2.45, 2.75) is 32.4 Å². The van der Waals surface area contributed by atoms with E-state index in [1.54, 1.807) is 32.0 Å². The number of benzene rings is 1. The Morgan fingerprint density at radius 1 is 1.50 bits per heavy atom. The van der Waals surface area contributed by atoms with Crippen LogP contribution in [0.1, 0.15) is 20.3 Å². The number of carbonyl (C=O) groups is 1. The Labute approximate surface area is 124 Å². The van der Waals surface area contributed by atoms with Gasteiger partial charge in [-0.2, -0.15) is 0 Å². The lowest BCUT2D eigenvalue weighted by Gasteiger charge is -2.24. The first-order chi connectivity index (χ1) is 9.31. The van der Waals surface area contributed by atoms with E-state index < -0.39 is 0 Å². The fourth-order valence-corrected chi connectivity index (χ4v) is 1.83. The Morgan fingerprint density at radius 3 is 2.75 bits per heavy atom. The van der Waals surface area contributed by atoms with Crippen LogP contribution in [0.2, 0.25) is 5.02 Å². The van der Waals surface area contributed by atoms with E-state index in [2.05, 4.69) is 5.32 Å². The minimum Gasteiger partial charge on any atom is -0.397 e. The molecule has 0 aliphatic heterocycles. The molecule has 1 aromatic rings. The number of halogens is 1. The zero-order chi connectivity index (χ0) is 15.3. The molecule has 2 atom stereocenters. The zero-order valence-corrected chi connectivity index (χ0v) is 12.8. The second-order valence-corrected chi connectivity index (χ2v) is 5.45. The number of nitrogens with two attached hydrogens (primary N) is 1. The largest absolute Gasteiger partial charge is 0.397 e. The van der Waals surface area contributed by atoms with Gasteiger partial charge in [-0.1, -0.05) is 11.6 Å². The van der Waals surface area contributed by atoms with Gasteiger partial charge in [-0.3, -0.25) is 9.69 Å². The van der Waals surface area contributed by atoms with Crippen LogP contribution in [0.4, 0.5) is 11.4 Å². The van der Waals surface area contributed by atoms with Crippen LogP contribution in [0.3, 0.4) is 0 Å². The summed E-state index contributed by atoms with van der Waals surface area (Å²) in [6.45, 7) is 4.17. The lowest BCUT2D eigenvalue weighted by atomic mass is 10.2. The SMILES string of the molecule is CC(O)CCN(C)C(C)C(=O)Nc1cc(Cl)ccc1N. The van der Waals surface area contributed by atoms with E-state index in [0.29, 0.717) is 29.4 Å². The van der Waals surface area contributed by atoms with Crippen molar-refractivity contribution in [3.8, 4) is 0 Å². The molecule has 0 radical (unpaired) electrons. The van der Waals surface area contributed by atoms with Crippen molar-refractivity contribution in [2.75, 3.05) is 24.6 Å². The van der Waals surface area contributed by atoms with Gasteiger partial charge in [0.05, 0.1) is 23.5 Å². The van der Waals surface area contributed by atoms with Crippen molar-refractivity contribution in [2.24, 2.45) is 0 Å². The molecule has 0 saturated carbocycles. The van der Waals surface area contributed by atoms with Crippen molar-refractivity contribution in [1.82, 2.24) is 4.90 Å². The highest BCUT2D eigenvalue weighted by molar-refractivity contribution is 6.31. The number of nitrogens with one attached hydrogen (secondary N) is 1. The summed E-state index contributed by atoms with van der Waals surface area (Å²) in [7, 11) is 1.84. The quantitative estimate of drug-likeness (QED) is 0.702. The first kappa shape index (κ1) is 16.8. The summed E-state index contributed by atoms with van der Waals surface area (Å²) in [6, 6.07) is 4.62. The van der Waals surface area contributed by atoms with Gasteiger partial charge in [0.1, 0.15) is 0 Å². The van der Waals surface area contributed by atoms with Crippen LogP contribution in [0.15, 0.2) is 18.2 Å². The molecule has 0 heterocycles. The smallest absolute Gasteiger partial charge is 0.241 e. The van der Waals surface area contributed by atoms with Crippen molar-refractivity contribution in [3.63, 3.8) is 0 Å². The van der Waals surface area contributed by atoms with Gasteiger partial charge in [-0.25, -0.2) is 0 Å². The molecule has 112 valence electrons. The van der Waals surface area contributed by atoms with Gasteiger partial charge in [0.2, 0.25) is 5.91 Å². The third-order valence-electron chi connectivity index (χ3n) is 3.21. The van der Waals surface area contributed by atoms with Crippen LogP contribution < -0.4 is 11.1 Å². The van der Waals surface area contributed by atoms with Crippen LogP contribution in [0.5, 0.6) is 0 Å². The number of aliphatic hydroxyl groups excluding tert-OH is 1. The van der Waals surface area contributed by atoms with Gasteiger partial charge < -0.3 is 16.2 Å². The van der Waals surface area contributed by atoms with Crippen LogP contribution >= 0.6 is 11.6 Å². The van der Waals surface area contributed by atoms with Crippen LogP contribution in [0, 0.1) is 0 Å². The summed E-state index contributed by atoms with van der Waals surface area (Å²) in [5.74, 6) is -0.160. The molecule has 1 aromatic carbocycles. The first-order valence-corrected chi connectivity index (χ1v) is 6.93. The molecule has 0 bridgehead atoms. The van der Waals surface area contributed by atoms with Gasteiger partial charge in [-0.05, 0) is 45.5 Å². The molecule has 2 unspecified atom stereocenters. The second-order valence-electron chi connectivity index (χ2n) is 5.02. The van der Waals surface area contributed by atoms with E-state index in [1.165, 1.54) is 0 Å². The number of carbonyl (C=O) groups excluding carboxylic acids is 1. The Balaban J connectivity index is 2.63. The lowest BCUT2D eigenvalue weighted by molar-refractivity contribution is -0.120. The van der Waals surface area contributed by atoms with Gasteiger partial charge in [-0.15, -0.1) is 0 Å². The van der Waals surface area contributed by atoms with Gasteiger partial charge >= 0.3 is 0 Å². The number of rotatable bonds is 6. The third kappa shape index (κ3) is 5.00. The highest BCUT2D eigenvalue weighted by Gasteiger charge is 2.19. The monoisotopic (exact) mass is 299 g/mol. The lowest BCUT2D eigenvalue weighted by Crippen LogP contribution is -2.40. The topological polar surface area (TPSA) is 78.6 Å². The van der Waals surface area contributed by atoms with E-state index in [9.17, 15) is 9.90 Å². The molecule has 4 N–H and O–H groups in total. The third-order valence-corrected chi connectivity index (χ3v) is 3.45. The molecule has 6 heteroatoms. The first-order valence-electron chi connectivity index (χ1n) is 6.55. The molecule has 20 heavy (non-hydrogen) atoms. The molecule has 0 saturated heterocycles. The number of hydrogen-bond acceptors (Lipinski definition) is 4. The predicted molar refractivity (Wildman–Crippen MR) is 82.9 cm³/mol. The molecule has 0 spiro atoms. The maximum Gasteiger partial charge on any atom is 0.241 e. The molecule has 1 amide bonds. The average Bonchev–Trinajstić information content (AvgIpc) is 2.39. The summed E-state index contributed by atoms with van der Waals surface area (Å²) in [5, 5.41) is 12.6. The Hall–Kier alpha value is -1.30. The van der Waals surface area contributed by atoms with Gasteiger partial charge in [0.15, 0.2) is 0 Å². The van der Waals surface area contributed by atoms with E-state index in [0.717, 1.165) is 0 Å². The summed E-state index contributed by atoms with van der Waals surface area (Å²) < 4.78 is 0. The van der Waals surface area contributed by atoms with Gasteiger partial charge in [0.25, 0.3) is 0 Å². The molecule has 0 aromatic heterocycles. The highest BCUT2D eigenvalue weighted by atomic mass is 35.5. The van der Waals surface area contributed by atoms with Crippen LogP contribution in [-0.2, 0) is 4.79 Å². The second kappa shape index (κ2) is 7.47. The molecule has 0 fully saturated rings. The van der Waals surface area contributed by atoms with Crippen molar-refractivity contribution >= 4 is 28.9 Å². The number of hydrogen-bond donors (Lipinski definition) is 3. The molecule has 1 rings (SSSR count). The van der Waals surface area contributed by atoms with Crippen molar-refractivity contribution in [1.29, 1.82) is 0 Å². The molecule has 0 aliphatic carbocycles. The van der Waals surface area contributed by atoms with E-state index >= 15 is 0 Å². The van der Waals surface area contributed by atoms with Crippen molar-refractivity contribution in [3.05, 3.63) is 23.2 Å². The fourth-order valence-electron chi connectivity index (χ4n) is 1.66. The highest BCUT2D eigenvalue weighted by Crippen LogP contribution is 2.23. The van der Waals surface area contributed by atoms with E-state index in [-0.39, 0.29) is 18.1 Å².